The maximum Gasteiger partial charge on any atom is 0.135 e. The number of hydrogen-bond acceptors (Lipinski definition) is 2. The second kappa shape index (κ2) is 3.39. The fourth-order valence-corrected chi connectivity index (χ4v) is 1.45. The maximum absolute atomic E-state index is 5.43. The topological polar surface area (TPSA) is 22.1 Å². The Labute approximate surface area is 82.5 Å². The smallest absolute Gasteiger partial charge is 0.135 e. The molecule has 0 spiro atoms. The molecule has 0 atom stereocenters. The summed E-state index contributed by atoms with van der Waals surface area (Å²) in [6.07, 6.45) is 7.18. The molecule has 0 bridgehead atoms. The van der Waals surface area contributed by atoms with E-state index in [4.69, 9.17) is 11.2 Å². The molecule has 1 aromatic carbocycles. The first kappa shape index (κ1) is 8.58. The van der Waals surface area contributed by atoms with Crippen molar-refractivity contribution in [3.8, 4) is 18.1 Å². The first-order valence-electron chi connectivity index (χ1n) is 4.25. The summed E-state index contributed by atoms with van der Waals surface area (Å²) in [5.41, 5.74) is 1.65. The zero-order valence-corrected chi connectivity index (χ0v) is 7.82. The van der Waals surface area contributed by atoms with E-state index in [1.165, 1.54) is 0 Å². The van der Waals surface area contributed by atoms with Crippen LogP contribution in [-0.4, -0.2) is 12.1 Å². The van der Waals surface area contributed by atoms with Gasteiger partial charge in [-0.2, -0.15) is 0 Å². The number of fused-ring (bicyclic) bond motifs is 1. The van der Waals surface area contributed by atoms with E-state index >= 15 is 0 Å². The van der Waals surface area contributed by atoms with Gasteiger partial charge in [-0.05, 0) is 24.3 Å². The highest BCUT2D eigenvalue weighted by Gasteiger charge is 2.05. The van der Waals surface area contributed by atoms with Crippen LogP contribution in [0, 0.1) is 12.3 Å². The molecule has 68 valence electrons. The van der Waals surface area contributed by atoms with Crippen molar-refractivity contribution in [2.45, 2.75) is 0 Å². The van der Waals surface area contributed by atoms with E-state index in [9.17, 15) is 0 Å². The normalized spacial score (nSPS) is 9.71. The molecule has 2 aromatic rings. The second-order valence-electron chi connectivity index (χ2n) is 2.86. The quantitative estimate of drug-likeness (QED) is 0.632. The van der Waals surface area contributed by atoms with Gasteiger partial charge < -0.3 is 4.74 Å². The summed E-state index contributed by atoms with van der Waals surface area (Å²) in [5, 5.41) is 0.953. The average Bonchev–Trinajstić information content (AvgIpc) is 2.27. The van der Waals surface area contributed by atoms with Crippen LogP contribution in [0.5, 0.6) is 5.75 Å². The van der Waals surface area contributed by atoms with Gasteiger partial charge in [-0.3, -0.25) is 4.98 Å². The number of rotatable bonds is 1. The van der Waals surface area contributed by atoms with Crippen LogP contribution in [0.4, 0.5) is 0 Å². The first-order valence-corrected chi connectivity index (χ1v) is 4.25. The molecule has 2 rings (SSSR count). The van der Waals surface area contributed by atoms with Crippen LogP contribution in [0.1, 0.15) is 5.56 Å². The Hall–Kier alpha value is -2.01. The van der Waals surface area contributed by atoms with Crippen LogP contribution in [0.3, 0.4) is 0 Å². The molecule has 0 aliphatic rings. The van der Waals surface area contributed by atoms with Crippen molar-refractivity contribution < 1.29 is 4.74 Å². The summed E-state index contributed by atoms with van der Waals surface area (Å²) in [7, 11) is 1.61. The van der Waals surface area contributed by atoms with E-state index in [1.54, 1.807) is 13.3 Å². The largest absolute Gasteiger partial charge is 0.495 e. The van der Waals surface area contributed by atoms with Crippen LogP contribution in [0.25, 0.3) is 10.9 Å². The van der Waals surface area contributed by atoms with E-state index < -0.39 is 0 Å². The average molecular weight is 183 g/mol. The lowest BCUT2D eigenvalue weighted by Crippen LogP contribution is -1.89. The molecule has 2 nitrogen and oxygen atoms in total. The number of methoxy groups -OCH3 is 1. The van der Waals surface area contributed by atoms with Crippen LogP contribution in [-0.2, 0) is 0 Å². The minimum Gasteiger partial charge on any atom is -0.495 e. The monoisotopic (exact) mass is 183 g/mol. The third-order valence-corrected chi connectivity index (χ3v) is 2.11. The lowest BCUT2D eigenvalue weighted by molar-refractivity contribution is 0.414. The van der Waals surface area contributed by atoms with Gasteiger partial charge in [-0.15, -0.1) is 6.42 Å². The molecule has 0 aliphatic carbocycles. The lowest BCUT2D eigenvalue weighted by atomic mass is 10.1. The highest BCUT2D eigenvalue weighted by atomic mass is 16.5. The number of nitrogens with zero attached hydrogens (tertiary/aromatic N) is 1. The number of pyridine rings is 1. The molecule has 0 radical (unpaired) electrons. The Morgan fingerprint density at radius 2 is 2.21 bits per heavy atom. The summed E-state index contributed by atoms with van der Waals surface area (Å²) in [4.78, 5) is 4.21. The van der Waals surface area contributed by atoms with Crippen LogP contribution >= 0.6 is 0 Å². The number of aromatic nitrogens is 1. The minimum absolute atomic E-state index is 0.716. The first-order chi connectivity index (χ1) is 6.86. The molecule has 14 heavy (non-hydrogen) atoms. The van der Waals surface area contributed by atoms with E-state index in [2.05, 4.69) is 10.9 Å². The Kier molecular flexibility index (Phi) is 2.08. The summed E-state index contributed by atoms with van der Waals surface area (Å²) < 4.78 is 5.17. The van der Waals surface area contributed by atoms with Crippen molar-refractivity contribution in [2.75, 3.05) is 7.11 Å². The van der Waals surface area contributed by atoms with Crippen molar-refractivity contribution in [2.24, 2.45) is 0 Å². The third-order valence-electron chi connectivity index (χ3n) is 2.11. The molecular weight excluding hydrogens is 174 g/mol. The zero-order valence-electron chi connectivity index (χ0n) is 7.82. The summed E-state index contributed by atoms with van der Waals surface area (Å²) in [5.74, 6) is 3.34. The molecule has 0 saturated heterocycles. The number of hydrogen-bond donors (Lipinski definition) is 0. The van der Waals surface area contributed by atoms with Crippen molar-refractivity contribution in [1.82, 2.24) is 4.98 Å². The van der Waals surface area contributed by atoms with Crippen molar-refractivity contribution in [1.29, 1.82) is 0 Å². The predicted octanol–water partition coefficient (Wildman–Crippen LogP) is 2.22. The third kappa shape index (κ3) is 1.20. The van der Waals surface area contributed by atoms with Gasteiger partial charge in [0.2, 0.25) is 0 Å². The van der Waals surface area contributed by atoms with Gasteiger partial charge >= 0.3 is 0 Å². The van der Waals surface area contributed by atoms with Gasteiger partial charge in [0, 0.05) is 11.6 Å². The molecule has 0 fully saturated rings. The lowest BCUT2D eigenvalue weighted by Gasteiger charge is -2.05. The molecule has 0 saturated carbocycles. The molecule has 0 N–H and O–H groups in total. The van der Waals surface area contributed by atoms with Crippen LogP contribution in [0.15, 0.2) is 30.5 Å². The van der Waals surface area contributed by atoms with E-state index in [0.29, 0.717) is 5.75 Å². The van der Waals surface area contributed by atoms with Gasteiger partial charge in [-0.1, -0.05) is 5.92 Å². The van der Waals surface area contributed by atoms with Gasteiger partial charge in [0.15, 0.2) is 0 Å². The van der Waals surface area contributed by atoms with Gasteiger partial charge in [0.1, 0.15) is 5.75 Å². The fourth-order valence-electron chi connectivity index (χ4n) is 1.45. The van der Waals surface area contributed by atoms with Gasteiger partial charge in [-0.25, -0.2) is 0 Å². The van der Waals surface area contributed by atoms with Gasteiger partial charge in [0.05, 0.1) is 18.2 Å². The molecule has 1 aromatic heterocycles. The Morgan fingerprint density at radius 3 is 2.93 bits per heavy atom. The van der Waals surface area contributed by atoms with Crippen molar-refractivity contribution in [3.05, 3.63) is 36.0 Å². The van der Waals surface area contributed by atoms with Gasteiger partial charge in [0.25, 0.3) is 0 Å². The van der Waals surface area contributed by atoms with Crippen molar-refractivity contribution in [3.63, 3.8) is 0 Å². The highest BCUT2D eigenvalue weighted by Crippen LogP contribution is 2.25. The minimum atomic E-state index is 0.716. The van der Waals surface area contributed by atoms with E-state index in [-0.39, 0.29) is 0 Å². The zero-order chi connectivity index (χ0) is 9.97. The fraction of sp³-hybridized carbons (Fsp3) is 0.0833. The molecule has 0 aliphatic heterocycles. The maximum atomic E-state index is 5.43. The number of ether oxygens (including phenoxy) is 1. The predicted molar refractivity (Wildman–Crippen MR) is 56.2 cm³/mol. The molecule has 0 unspecified atom stereocenters. The van der Waals surface area contributed by atoms with Crippen molar-refractivity contribution >= 4 is 10.9 Å². The summed E-state index contributed by atoms with van der Waals surface area (Å²) in [6, 6.07) is 7.54. The Balaban J connectivity index is 2.85. The highest BCUT2D eigenvalue weighted by molar-refractivity contribution is 5.87. The number of terminal acetylenes is 1. The Bertz CT molecular complexity index is 511. The molecule has 0 amide bonds. The molecular formula is C12H9NO. The Morgan fingerprint density at radius 1 is 1.36 bits per heavy atom. The van der Waals surface area contributed by atoms with Crippen LogP contribution in [0.2, 0.25) is 0 Å². The molecule has 2 heteroatoms. The van der Waals surface area contributed by atoms with E-state index in [0.717, 1.165) is 16.5 Å². The standard InChI is InChI=1S/C12H9NO/c1-3-9-10-5-4-8-13-11(10)6-7-12(9)14-2/h1,4-8H,2H3. The SMILES string of the molecule is C#Cc1c(OC)ccc2ncccc12. The van der Waals surface area contributed by atoms with Crippen LogP contribution < -0.4 is 4.74 Å². The second-order valence-corrected chi connectivity index (χ2v) is 2.86. The number of benzene rings is 1. The summed E-state index contributed by atoms with van der Waals surface area (Å²) in [6.45, 7) is 0. The molecule has 1 heterocycles. The summed E-state index contributed by atoms with van der Waals surface area (Å²) >= 11 is 0. The van der Waals surface area contributed by atoms with E-state index in [1.807, 2.05) is 24.3 Å².